The fourth-order valence-electron chi connectivity index (χ4n) is 3.50. The van der Waals surface area contributed by atoms with Gasteiger partial charge >= 0.3 is 0 Å². The zero-order valence-corrected chi connectivity index (χ0v) is 16.3. The van der Waals surface area contributed by atoms with Crippen LogP contribution in [0, 0.1) is 12.3 Å². The van der Waals surface area contributed by atoms with Crippen LogP contribution in [0.3, 0.4) is 0 Å². The van der Waals surface area contributed by atoms with Gasteiger partial charge in [0.2, 0.25) is 0 Å². The predicted octanol–water partition coefficient (Wildman–Crippen LogP) is 1.77. The lowest BCUT2D eigenvalue weighted by atomic mass is 10.1. The summed E-state index contributed by atoms with van der Waals surface area (Å²) in [5.41, 5.74) is 1.34. The molecule has 9 heteroatoms. The number of carbonyl (C=O) groups is 1. The van der Waals surface area contributed by atoms with Crippen molar-refractivity contribution in [2.24, 2.45) is 0 Å². The van der Waals surface area contributed by atoms with Crippen molar-refractivity contribution < 1.29 is 19.4 Å². The number of fused-ring (bicyclic) bond motifs is 1. The van der Waals surface area contributed by atoms with Gasteiger partial charge in [-0.3, -0.25) is 9.36 Å². The van der Waals surface area contributed by atoms with Gasteiger partial charge in [0.1, 0.15) is 25.1 Å². The molecule has 1 unspecified atom stereocenters. The molecule has 1 aliphatic heterocycles. The van der Waals surface area contributed by atoms with E-state index in [1.807, 2.05) is 13.0 Å². The van der Waals surface area contributed by atoms with Gasteiger partial charge in [0.15, 0.2) is 23.2 Å². The van der Waals surface area contributed by atoms with Crippen LogP contribution in [0.1, 0.15) is 29.9 Å². The average molecular weight is 407 g/mol. The van der Waals surface area contributed by atoms with Crippen molar-refractivity contribution in [2.45, 2.75) is 37.9 Å². The van der Waals surface area contributed by atoms with E-state index in [2.05, 4.69) is 26.2 Å². The molecule has 4 atom stereocenters. The molecule has 0 spiro atoms. The molecule has 0 bridgehead atoms. The summed E-state index contributed by atoms with van der Waals surface area (Å²) >= 11 is 0. The van der Waals surface area contributed by atoms with Gasteiger partial charge in [-0.25, -0.2) is 15.0 Å². The molecule has 3 aromatic rings. The Bertz CT molecular complexity index is 1080. The minimum atomic E-state index is -0.843. The maximum Gasteiger partial charge on any atom is 0.256 e. The maximum absolute atomic E-state index is 12.5. The molecule has 0 aliphatic carbocycles. The van der Waals surface area contributed by atoms with E-state index in [0.29, 0.717) is 23.1 Å². The number of aromatic nitrogens is 4. The molecule has 1 amide bonds. The summed E-state index contributed by atoms with van der Waals surface area (Å²) in [7, 11) is 0. The van der Waals surface area contributed by atoms with Gasteiger partial charge in [-0.1, -0.05) is 31.0 Å². The van der Waals surface area contributed by atoms with E-state index < -0.39 is 24.5 Å². The Balaban J connectivity index is 1.66. The summed E-state index contributed by atoms with van der Waals surface area (Å²) in [5, 5.41) is 13.3. The highest BCUT2D eigenvalue weighted by Gasteiger charge is 2.45. The van der Waals surface area contributed by atoms with Crippen LogP contribution in [-0.4, -0.2) is 55.5 Å². The van der Waals surface area contributed by atoms with Gasteiger partial charge in [0.05, 0.1) is 12.4 Å². The number of nitrogens with zero attached hydrogens (tertiary/aromatic N) is 4. The highest BCUT2D eigenvalue weighted by Crippen LogP contribution is 2.35. The van der Waals surface area contributed by atoms with Crippen molar-refractivity contribution in [1.29, 1.82) is 0 Å². The second kappa shape index (κ2) is 8.59. The largest absolute Gasteiger partial charge is 0.388 e. The lowest BCUT2D eigenvalue weighted by Crippen LogP contribution is -2.34. The van der Waals surface area contributed by atoms with Crippen LogP contribution in [0.15, 0.2) is 43.0 Å². The van der Waals surface area contributed by atoms with E-state index in [-0.39, 0.29) is 18.3 Å². The van der Waals surface area contributed by atoms with Crippen LogP contribution in [0.5, 0.6) is 0 Å². The molecule has 0 radical (unpaired) electrons. The molecular formula is C21H21N5O4. The first-order valence-electron chi connectivity index (χ1n) is 9.56. The highest BCUT2D eigenvalue weighted by molar-refractivity contribution is 6.06. The van der Waals surface area contributed by atoms with E-state index in [0.717, 1.165) is 0 Å². The Morgan fingerprint density at radius 1 is 1.33 bits per heavy atom. The van der Waals surface area contributed by atoms with Crippen LogP contribution in [-0.2, 0) is 9.47 Å². The molecule has 1 fully saturated rings. The third kappa shape index (κ3) is 3.64. The zero-order valence-electron chi connectivity index (χ0n) is 16.3. The fraction of sp³-hybridized carbons (Fsp3) is 0.333. The number of rotatable bonds is 6. The quantitative estimate of drug-likeness (QED) is 0.599. The lowest BCUT2D eigenvalue weighted by Gasteiger charge is -2.21. The summed E-state index contributed by atoms with van der Waals surface area (Å²) in [6.07, 6.45) is 6.18. The molecule has 2 aromatic heterocycles. The van der Waals surface area contributed by atoms with Crippen LogP contribution in [0.25, 0.3) is 11.2 Å². The van der Waals surface area contributed by atoms with Crippen molar-refractivity contribution >= 4 is 22.9 Å². The van der Waals surface area contributed by atoms with Crippen molar-refractivity contribution in [3.8, 4) is 12.3 Å². The van der Waals surface area contributed by atoms with Crippen molar-refractivity contribution in [3.05, 3.63) is 48.5 Å². The van der Waals surface area contributed by atoms with E-state index in [4.69, 9.17) is 15.9 Å². The SMILES string of the molecule is C#CCO[C@H]1C(O)[C@@H](CC)O[C@H]1n1cnc2c(NC(=O)c3ccccc3)ncnc21. The van der Waals surface area contributed by atoms with E-state index in [9.17, 15) is 9.90 Å². The predicted molar refractivity (Wildman–Crippen MR) is 108 cm³/mol. The summed E-state index contributed by atoms with van der Waals surface area (Å²) in [6, 6.07) is 8.81. The number of imidazole rings is 1. The standard InChI is InChI=1S/C21H21N5O4/c1-3-10-29-17-16(27)14(4-2)30-21(17)26-12-24-15-18(22-11-23-19(15)26)25-20(28)13-8-6-5-7-9-13/h1,5-9,11-12,14,16-17,21,27H,4,10H2,2H3,(H,22,23,25,28)/t14-,16?,17+,21-/m1/s1. The molecule has 1 aliphatic rings. The van der Waals surface area contributed by atoms with Gasteiger partial charge < -0.3 is 19.9 Å². The minimum absolute atomic E-state index is 0.0397. The van der Waals surface area contributed by atoms with Gasteiger partial charge in [-0.15, -0.1) is 6.42 Å². The number of ether oxygens (including phenoxy) is 2. The first-order valence-corrected chi connectivity index (χ1v) is 9.56. The maximum atomic E-state index is 12.5. The third-order valence-corrected chi connectivity index (χ3v) is 4.98. The van der Waals surface area contributed by atoms with Crippen LogP contribution >= 0.6 is 0 Å². The van der Waals surface area contributed by atoms with E-state index >= 15 is 0 Å². The molecule has 9 nitrogen and oxygen atoms in total. The Labute approximate surface area is 173 Å². The Kier molecular flexibility index (Phi) is 5.72. The Hall–Kier alpha value is -3.32. The summed E-state index contributed by atoms with van der Waals surface area (Å²) in [6.45, 7) is 1.96. The average Bonchev–Trinajstić information content (AvgIpc) is 3.34. The van der Waals surface area contributed by atoms with Gasteiger partial charge in [-0.2, -0.15) is 0 Å². The van der Waals surface area contributed by atoms with E-state index in [1.54, 1.807) is 28.8 Å². The molecule has 3 heterocycles. The van der Waals surface area contributed by atoms with Crippen molar-refractivity contribution in [1.82, 2.24) is 19.5 Å². The number of hydrogen-bond acceptors (Lipinski definition) is 7. The Morgan fingerprint density at radius 2 is 2.13 bits per heavy atom. The second-order valence-electron chi connectivity index (χ2n) is 6.81. The van der Waals surface area contributed by atoms with Crippen LogP contribution < -0.4 is 5.32 Å². The molecule has 4 rings (SSSR count). The van der Waals surface area contributed by atoms with Gasteiger partial charge in [0, 0.05) is 5.56 Å². The second-order valence-corrected chi connectivity index (χ2v) is 6.81. The van der Waals surface area contributed by atoms with Crippen LogP contribution in [0.4, 0.5) is 5.82 Å². The molecule has 2 N–H and O–H groups in total. The Morgan fingerprint density at radius 3 is 2.87 bits per heavy atom. The number of terminal acetylenes is 1. The first-order chi connectivity index (χ1) is 14.6. The molecule has 0 saturated carbocycles. The van der Waals surface area contributed by atoms with Gasteiger partial charge in [0.25, 0.3) is 5.91 Å². The molecule has 30 heavy (non-hydrogen) atoms. The summed E-state index contributed by atoms with van der Waals surface area (Å²) in [5.74, 6) is 2.38. The van der Waals surface area contributed by atoms with Crippen LogP contribution in [0.2, 0.25) is 0 Å². The van der Waals surface area contributed by atoms with E-state index in [1.165, 1.54) is 12.7 Å². The highest BCUT2D eigenvalue weighted by atomic mass is 16.6. The van der Waals surface area contributed by atoms with Crippen molar-refractivity contribution in [3.63, 3.8) is 0 Å². The number of carbonyl (C=O) groups excluding carboxylic acids is 1. The number of aliphatic hydroxyl groups is 1. The lowest BCUT2D eigenvalue weighted by molar-refractivity contribution is -0.0579. The number of hydrogen-bond donors (Lipinski definition) is 2. The number of amides is 1. The monoisotopic (exact) mass is 407 g/mol. The zero-order chi connectivity index (χ0) is 21.1. The molecular weight excluding hydrogens is 386 g/mol. The smallest absolute Gasteiger partial charge is 0.256 e. The van der Waals surface area contributed by atoms with Gasteiger partial charge in [-0.05, 0) is 18.6 Å². The molecule has 1 aromatic carbocycles. The number of anilines is 1. The summed E-state index contributed by atoms with van der Waals surface area (Å²) in [4.78, 5) is 25.3. The molecule has 1 saturated heterocycles. The number of nitrogens with one attached hydrogen (secondary N) is 1. The minimum Gasteiger partial charge on any atom is -0.388 e. The summed E-state index contributed by atoms with van der Waals surface area (Å²) < 4.78 is 13.3. The third-order valence-electron chi connectivity index (χ3n) is 4.98. The fourth-order valence-corrected chi connectivity index (χ4v) is 3.50. The first kappa shape index (κ1) is 20.0. The van der Waals surface area contributed by atoms with Crippen molar-refractivity contribution in [2.75, 3.05) is 11.9 Å². The number of aliphatic hydroxyl groups excluding tert-OH is 1. The normalized spacial score (nSPS) is 23.4. The molecule has 154 valence electrons. The number of benzene rings is 1. The topological polar surface area (TPSA) is 111 Å².